The number of benzene rings is 1. The normalized spacial score (nSPS) is 10.5. The molecule has 1 rings (SSSR count). The maximum atomic E-state index is 11.9. The summed E-state index contributed by atoms with van der Waals surface area (Å²) >= 11 is 5.36. The van der Waals surface area contributed by atoms with E-state index in [1.165, 1.54) is 12.1 Å². The monoisotopic (exact) mass is 248 g/mol. The van der Waals surface area contributed by atoms with Crippen molar-refractivity contribution in [2.75, 3.05) is 12.5 Å². The molecule has 1 aromatic rings. The molecule has 0 aliphatic carbocycles. The molecular formula is C11H8ClF3O. The van der Waals surface area contributed by atoms with Gasteiger partial charge in [0.05, 0.1) is 5.88 Å². The smallest absolute Gasteiger partial charge is 0.422 e. The van der Waals surface area contributed by atoms with Gasteiger partial charge in [0.25, 0.3) is 0 Å². The zero-order valence-corrected chi connectivity index (χ0v) is 8.90. The highest BCUT2D eigenvalue weighted by molar-refractivity contribution is 6.19. The predicted molar refractivity (Wildman–Crippen MR) is 55.6 cm³/mol. The molecule has 0 radical (unpaired) electrons. The largest absolute Gasteiger partial charge is 0.484 e. The Bertz CT molecular complexity index is 404. The van der Waals surface area contributed by atoms with E-state index in [1.807, 2.05) is 0 Å². The van der Waals surface area contributed by atoms with Gasteiger partial charge in [0.15, 0.2) is 6.61 Å². The van der Waals surface area contributed by atoms with E-state index in [4.69, 9.17) is 11.6 Å². The van der Waals surface area contributed by atoms with Crippen molar-refractivity contribution in [1.82, 2.24) is 0 Å². The fourth-order valence-corrected chi connectivity index (χ4v) is 1.03. The maximum absolute atomic E-state index is 11.9. The maximum Gasteiger partial charge on any atom is 0.422 e. The highest BCUT2D eigenvalue weighted by atomic mass is 35.5. The Labute approximate surface area is 96.2 Å². The molecule has 1 aromatic carbocycles. The van der Waals surface area contributed by atoms with Crippen LogP contribution in [0.3, 0.4) is 0 Å². The van der Waals surface area contributed by atoms with Crippen molar-refractivity contribution < 1.29 is 17.9 Å². The summed E-state index contributed by atoms with van der Waals surface area (Å²) in [4.78, 5) is 0. The minimum atomic E-state index is -4.34. The molecule has 0 saturated heterocycles. The summed E-state index contributed by atoms with van der Waals surface area (Å²) < 4.78 is 40.2. The highest BCUT2D eigenvalue weighted by Crippen LogP contribution is 2.18. The first-order chi connectivity index (χ1) is 7.51. The number of hydrogen-bond donors (Lipinski definition) is 0. The van der Waals surface area contributed by atoms with Gasteiger partial charge in [-0.3, -0.25) is 0 Å². The van der Waals surface area contributed by atoms with Gasteiger partial charge in [-0.2, -0.15) is 13.2 Å². The van der Waals surface area contributed by atoms with Crippen LogP contribution < -0.4 is 4.74 Å². The van der Waals surface area contributed by atoms with Crippen LogP contribution in [0.15, 0.2) is 24.3 Å². The number of halogens is 4. The predicted octanol–water partition coefficient (Wildman–Crippen LogP) is 3.22. The summed E-state index contributed by atoms with van der Waals surface area (Å²) in [6, 6.07) is 6.12. The van der Waals surface area contributed by atoms with Crippen molar-refractivity contribution in [3.8, 4) is 17.6 Å². The standard InChI is InChI=1S/C11H8ClF3O/c12-6-2-4-9-3-1-5-10(7-9)16-8-11(13,14)15/h1,3,5,7H,6,8H2. The summed E-state index contributed by atoms with van der Waals surface area (Å²) in [6.45, 7) is -1.31. The lowest BCUT2D eigenvalue weighted by Gasteiger charge is -2.08. The molecular weight excluding hydrogens is 241 g/mol. The van der Waals surface area contributed by atoms with E-state index in [2.05, 4.69) is 16.6 Å². The molecule has 0 saturated carbocycles. The average Bonchev–Trinajstić information content (AvgIpc) is 2.23. The number of rotatable bonds is 2. The van der Waals surface area contributed by atoms with Gasteiger partial charge in [0.1, 0.15) is 5.75 Å². The zero-order valence-electron chi connectivity index (χ0n) is 8.14. The molecule has 5 heteroatoms. The van der Waals surface area contributed by atoms with Gasteiger partial charge in [-0.05, 0) is 18.2 Å². The second kappa shape index (κ2) is 5.66. The Morgan fingerprint density at radius 2 is 2.06 bits per heavy atom. The highest BCUT2D eigenvalue weighted by Gasteiger charge is 2.28. The van der Waals surface area contributed by atoms with E-state index < -0.39 is 12.8 Å². The lowest BCUT2D eigenvalue weighted by Crippen LogP contribution is -2.19. The van der Waals surface area contributed by atoms with Crippen LogP contribution in [0.25, 0.3) is 0 Å². The Morgan fingerprint density at radius 1 is 1.31 bits per heavy atom. The molecule has 0 fully saturated rings. The topological polar surface area (TPSA) is 9.23 Å². The van der Waals surface area contributed by atoms with Crippen LogP contribution in [0.5, 0.6) is 5.75 Å². The van der Waals surface area contributed by atoms with Gasteiger partial charge in [0.2, 0.25) is 0 Å². The molecule has 86 valence electrons. The molecule has 0 atom stereocenters. The minimum Gasteiger partial charge on any atom is -0.484 e. The zero-order chi connectivity index (χ0) is 12.0. The van der Waals surface area contributed by atoms with Crippen molar-refractivity contribution in [2.24, 2.45) is 0 Å². The molecule has 0 aliphatic rings. The van der Waals surface area contributed by atoms with Crippen LogP contribution in [0.4, 0.5) is 13.2 Å². The first-order valence-corrected chi connectivity index (χ1v) is 4.89. The minimum absolute atomic E-state index is 0.138. The quantitative estimate of drug-likeness (QED) is 0.577. The van der Waals surface area contributed by atoms with Gasteiger partial charge in [-0.1, -0.05) is 17.9 Å². The van der Waals surface area contributed by atoms with Crippen molar-refractivity contribution in [3.05, 3.63) is 29.8 Å². The van der Waals surface area contributed by atoms with Crippen LogP contribution in [-0.4, -0.2) is 18.7 Å². The van der Waals surface area contributed by atoms with E-state index in [9.17, 15) is 13.2 Å². The second-order valence-corrected chi connectivity index (χ2v) is 3.13. The Balaban J connectivity index is 2.68. The molecule has 0 bridgehead atoms. The number of hydrogen-bond acceptors (Lipinski definition) is 1. The van der Waals surface area contributed by atoms with Crippen LogP contribution in [0, 0.1) is 11.8 Å². The van der Waals surface area contributed by atoms with E-state index in [0.29, 0.717) is 5.56 Å². The lowest BCUT2D eigenvalue weighted by atomic mass is 10.2. The molecule has 0 aliphatic heterocycles. The van der Waals surface area contributed by atoms with E-state index >= 15 is 0 Å². The van der Waals surface area contributed by atoms with Crippen LogP contribution in [-0.2, 0) is 0 Å². The molecule has 0 unspecified atom stereocenters. The fraction of sp³-hybridized carbons (Fsp3) is 0.273. The van der Waals surface area contributed by atoms with Crippen LogP contribution >= 0.6 is 11.6 Å². The van der Waals surface area contributed by atoms with Crippen molar-refractivity contribution in [1.29, 1.82) is 0 Å². The summed E-state index contributed by atoms with van der Waals surface area (Å²) in [5, 5.41) is 0. The number of alkyl halides is 4. The molecule has 16 heavy (non-hydrogen) atoms. The van der Waals surface area contributed by atoms with Crippen LogP contribution in [0.1, 0.15) is 5.56 Å². The van der Waals surface area contributed by atoms with Gasteiger partial charge in [-0.15, -0.1) is 11.6 Å². The molecule has 0 amide bonds. The SMILES string of the molecule is FC(F)(F)COc1cccc(C#CCCl)c1. The Morgan fingerprint density at radius 3 is 2.69 bits per heavy atom. The summed E-state index contributed by atoms with van der Waals surface area (Å²) in [6.07, 6.45) is -4.34. The summed E-state index contributed by atoms with van der Waals surface area (Å²) in [5.41, 5.74) is 0.570. The van der Waals surface area contributed by atoms with Gasteiger partial charge in [0, 0.05) is 5.56 Å². The molecule has 1 nitrogen and oxygen atoms in total. The third kappa shape index (κ3) is 4.94. The van der Waals surface area contributed by atoms with Crippen molar-refractivity contribution in [2.45, 2.75) is 6.18 Å². The second-order valence-electron chi connectivity index (χ2n) is 2.87. The third-order valence-electron chi connectivity index (χ3n) is 1.54. The van der Waals surface area contributed by atoms with Crippen molar-refractivity contribution >= 4 is 11.6 Å². The van der Waals surface area contributed by atoms with Gasteiger partial charge < -0.3 is 4.74 Å². The lowest BCUT2D eigenvalue weighted by molar-refractivity contribution is -0.153. The average molecular weight is 249 g/mol. The third-order valence-corrected chi connectivity index (χ3v) is 1.67. The summed E-state index contributed by atoms with van der Waals surface area (Å²) in [7, 11) is 0. The molecule has 0 aromatic heterocycles. The first-order valence-electron chi connectivity index (χ1n) is 4.36. The fourth-order valence-electron chi connectivity index (χ4n) is 0.964. The molecule has 0 heterocycles. The van der Waals surface area contributed by atoms with Crippen molar-refractivity contribution in [3.63, 3.8) is 0 Å². The van der Waals surface area contributed by atoms with Crippen LogP contribution in [0.2, 0.25) is 0 Å². The van der Waals surface area contributed by atoms with Gasteiger partial charge in [-0.25, -0.2) is 0 Å². The van der Waals surface area contributed by atoms with E-state index in [-0.39, 0.29) is 11.6 Å². The first kappa shape index (κ1) is 12.7. The number of ether oxygens (including phenoxy) is 1. The Hall–Kier alpha value is -1.34. The van der Waals surface area contributed by atoms with E-state index in [0.717, 1.165) is 0 Å². The molecule has 0 N–H and O–H groups in total. The Kier molecular flexibility index (Phi) is 4.51. The van der Waals surface area contributed by atoms with Gasteiger partial charge >= 0.3 is 6.18 Å². The van der Waals surface area contributed by atoms with E-state index in [1.54, 1.807) is 12.1 Å². The summed E-state index contributed by atoms with van der Waals surface area (Å²) in [5.74, 6) is 5.60. The molecule has 0 spiro atoms.